The van der Waals surface area contributed by atoms with Crippen LogP contribution in [0.25, 0.3) is 10.9 Å². The van der Waals surface area contributed by atoms with E-state index < -0.39 is 6.04 Å². The van der Waals surface area contributed by atoms with E-state index in [0.717, 1.165) is 53.4 Å². The fraction of sp³-hybridized carbons (Fsp3) is 0.448. The average Bonchev–Trinajstić information content (AvgIpc) is 3.21. The molecule has 0 saturated carbocycles. The number of carbonyl (C=O) groups is 2. The van der Waals surface area contributed by atoms with Crippen LogP contribution < -0.4 is 0 Å². The number of unbranched alkanes of at least 4 members (excludes halogenated alkanes) is 1. The van der Waals surface area contributed by atoms with Crippen LogP contribution in [0.3, 0.4) is 0 Å². The molecule has 1 N–H and O–H groups in total. The van der Waals surface area contributed by atoms with Gasteiger partial charge in [-0.25, -0.2) is 0 Å². The predicted octanol–water partition coefficient (Wildman–Crippen LogP) is 5.38. The van der Waals surface area contributed by atoms with Gasteiger partial charge in [0.05, 0.1) is 12.6 Å². The van der Waals surface area contributed by atoms with E-state index in [0.29, 0.717) is 18.9 Å². The maximum atomic E-state index is 13.9. The largest absolute Gasteiger partial charge is 0.356 e. The molecule has 2 aliphatic rings. The second kappa shape index (κ2) is 9.28. The predicted molar refractivity (Wildman–Crippen MR) is 136 cm³/mol. The first kappa shape index (κ1) is 22.7. The highest BCUT2D eigenvalue weighted by atomic mass is 16.2. The quantitative estimate of drug-likeness (QED) is 0.518. The van der Waals surface area contributed by atoms with Gasteiger partial charge in [0.1, 0.15) is 6.04 Å². The Kier molecular flexibility index (Phi) is 6.20. The molecule has 5 rings (SSSR count). The highest BCUT2D eigenvalue weighted by Crippen LogP contribution is 2.42. The lowest BCUT2D eigenvalue weighted by molar-refractivity contribution is -0.159. The van der Waals surface area contributed by atoms with Crippen LogP contribution in [0.4, 0.5) is 0 Å². The van der Waals surface area contributed by atoms with E-state index in [2.05, 4.69) is 56.1 Å². The van der Waals surface area contributed by atoms with Crippen molar-refractivity contribution in [3.05, 3.63) is 70.9 Å². The molecule has 34 heavy (non-hydrogen) atoms. The molecule has 0 unspecified atom stereocenters. The number of hydrogen-bond acceptors (Lipinski definition) is 2. The van der Waals surface area contributed by atoms with Crippen LogP contribution in [0.2, 0.25) is 0 Å². The number of carbonyl (C=O) groups excluding carboxylic acids is 2. The summed E-state index contributed by atoms with van der Waals surface area (Å²) in [5.41, 5.74) is 5.49. The van der Waals surface area contributed by atoms with Crippen molar-refractivity contribution in [1.82, 2.24) is 14.8 Å². The second-order valence-corrected chi connectivity index (χ2v) is 10.0. The Morgan fingerprint density at radius 3 is 2.68 bits per heavy atom. The molecule has 0 radical (unpaired) electrons. The molecule has 178 valence electrons. The Morgan fingerprint density at radius 2 is 1.91 bits per heavy atom. The molecule has 0 spiro atoms. The number of hydrogen-bond donors (Lipinski definition) is 1. The number of para-hydroxylation sites is 1. The highest BCUT2D eigenvalue weighted by molar-refractivity contribution is 5.97. The number of amides is 2. The Balaban J connectivity index is 1.56. The number of aromatic amines is 1. The Bertz CT molecular complexity index is 1210. The number of nitrogens with one attached hydrogen (secondary N) is 1. The van der Waals surface area contributed by atoms with Crippen molar-refractivity contribution in [2.45, 2.75) is 65.0 Å². The number of benzene rings is 2. The van der Waals surface area contributed by atoms with Crippen LogP contribution in [0.1, 0.15) is 68.0 Å². The third-order valence-electron chi connectivity index (χ3n) is 7.72. The molecule has 1 fully saturated rings. The minimum absolute atomic E-state index is 0.0470. The fourth-order valence-corrected chi connectivity index (χ4v) is 5.89. The molecule has 2 aliphatic heterocycles. The van der Waals surface area contributed by atoms with Gasteiger partial charge in [-0.15, -0.1) is 0 Å². The van der Waals surface area contributed by atoms with Crippen molar-refractivity contribution in [2.24, 2.45) is 5.92 Å². The molecule has 0 aliphatic carbocycles. The summed E-state index contributed by atoms with van der Waals surface area (Å²) in [5.74, 6) is 0.594. The molecule has 5 nitrogen and oxygen atoms in total. The summed E-state index contributed by atoms with van der Waals surface area (Å²) in [6.07, 6.45) is 5.02. The first-order valence-corrected chi connectivity index (χ1v) is 12.8. The topological polar surface area (TPSA) is 56.4 Å². The Labute approximate surface area is 202 Å². The smallest absolute Gasteiger partial charge is 0.246 e. The van der Waals surface area contributed by atoms with Gasteiger partial charge in [0, 0.05) is 29.6 Å². The van der Waals surface area contributed by atoms with Crippen LogP contribution in [0.5, 0.6) is 0 Å². The molecule has 3 atom stereocenters. The highest BCUT2D eigenvalue weighted by Gasteiger charge is 2.48. The maximum Gasteiger partial charge on any atom is 0.246 e. The number of H-pyrrole nitrogens is 1. The van der Waals surface area contributed by atoms with Crippen molar-refractivity contribution >= 4 is 22.7 Å². The molecule has 2 aromatic carbocycles. The van der Waals surface area contributed by atoms with Crippen LogP contribution in [0, 0.1) is 12.8 Å². The molecule has 1 saturated heterocycles. The fourth-order valence-electron chi connectivity index (χ4n) is 5.89. The minimum atomic E-state index is -0.456. The minimum Gasteiger partial charge on any atom is -0.356 e. The van der Waals surface area contributed by atoms with Gasteiger partial charge in [0.2, 0.25) is 11.8 Å². The summed E-state index contributed by atoms with van der Waals surface area (Å²) >= 11 is 0. The molecule has 0 bridgehead atoms. The normalized spacial score (nSPS) is 21.0. The molecule has 3 heterocycles. The van der Waals surface area contributed by atoms with Gasteiger partial charge in [0.25, 0.3) is 0 Å². The summed E-state index contributed by atoms with van der Waals surface area (Å²) in [4.78, 5) is 34.9. The lowest BCUT2D eigenvalue weighted by Crippen LogP contribution is -2.63. The van der Waals surface area contributed by atoms with E-state index in [1.807, 2.05) is 28.0 Å². The van der Waals surface area contributed by atoms with Crippen LogP contribution >= 0.6 is 0 Å². The third-order valence-corrected chi connectivity index (χ3v) is 7.72. The molecular weight excluding hydrogens is 422 g/mol. The molecule has 5 heteroatoms. The summed E-state index contributed by atoms with van der Waals surface area (Å²) in [5, 5.41) is 1.15. The molecule has 3 aromatic rings. The Morgan fingerprint density at radius 1 is 1.09 bits per heavy atom. The summed E-state index contributed by atoms with van der Waals surface area (Å²) in [7, 11) is 0. The standard InChI is InChI=1S/C29H35N3O2/c1-4-6-11-20(5-2)17-31-18-26(33)32-25(29(31)34)16-23-22-13-7-8-14-24(22)30-27(23)28(32)21-12-9-10-19(3)15-21/h7-10,12-15,20,25,28,30H,4-6,11,16-18H2,1-3H3/t20-,25-,28+/m0/s1. The van der Waals surface area contributed by atoms with Gasteiger partial charge in [-0.05, 0) is 36.5 Å². The Hall–Kier alpha value is -3.08. The van der Waals surface area contributed by atoms with Gasteiger partial charge < -0.3 is 14.8 Å². The SMILES string of the molecule is CCCC[C@H](CC)CN1CC(=O)N2[C@H](c3cccc(C)c3)c3[nH]c4ccccc4c3C[C@H]2C1=O. The average molecular weight is 458 g/mol. The number of fused-ring (bicyclic) bond motifs is 4. The summed E-state index contributed by atoms with van der Waals surface area (Å²) < 4.78 is 0. The van der Waals surface area contributed by atoms with E-state index in [1.165, 1.54) is 5.56 Å². The van der Waals surface area contributed by atoms with E-state index >= 15 is 0 Å². The van der Waals surface area contributed by atoms with Crippen molar-refractivity contribution in [2.75, 3.05) is 13.1 Å². The summed E-state index contributed by atoms with van der Waals surface area (Å²) in [6, 6.07) is 15.9. The number of aromatic nitrogens is 1. The van der Waals surface area contributed by atoms with Crippen molar-refractivity contribution in [1.29, 1.82) is 0 Å². The van der Waals surface area contributed by atoms with Crippen LogP contribution in [-0.2, 0) is 16.0 Å². The maximum absolute atomic E-state index is 13.9. The first-order chi connectivity index (χ1) is 16.5. The second-order valence-electron chi connectivity index (χ2n) is 10.0. The number of piperazine rings is 1. The van der Waals surface area contributed by atoms with E-state index in [1.54, 1.807) is 0 Å². The number of rotatable bonds is 7. The summed E-state index contributed by atoms with van der Waals surface area (Å²) in [6.45, 7) is 7.32. The lowest BCUT2D eigenvalue weighted by Gasteiger charge is -2.47. The van der Waals surface area contributed by atoms with Crippen LogP contribution in [-0.4, -0.2) is 45.7 Å². The zero-order valence-electron chi connectivity index (χ0n) is 20.5. The monoisotopic (exact) mass is 457 g/mol. The van der Waals surface area contributed by atoms with Gasteiger partial charge in [0.15, 0.2) is 0 Å². The zero-order chi connectivity index (χ0) is 23.8. The van der Waals surface area contributed by atoms with Crippen molar-refractivity contribution < 1.29 is 9.59 Å². The lowest BCUT2D eigenvalue weighted by atomic mass is 9.85. The van der Waals surface area contributed by atoms with Crippen molar-refractivity contribution in [3.8, 4) is 0 Å². The van der Waals surface area contributed by atoms with Crippen LogP contribution in [0.15, 0.2) is 48.5 Å². The van der Waals surface area contributed by atoms with E-state index in [-0.39, 0.29) is 24.4 Å². The molecule has 2 amide bonds. The van der Waals surface area contributed by atoms with E-state index in [4.69, 9.17) is 0 Å². The number of nitrogens with zero attached hydrogens (tertiary/aromatic N) is 2. The first-order valence-electron chi connectivity index (χ1n) is 12.8. The van der Waals surface area contributed by atoms with Gasteiger partial charge in [-0.1, -0.05) is 81.1 Å². The molecule has 1 aromatic heterocycles. The molecular formula is C29H35N3O2. The van der Waals surface area contributed by atoms with Gasteiger partial charge in [-0.3, -0.25) is 9.59 Å². The van der Waals surface area contributed by atoms with Crippen molar-refractivity contribution in [3.63, 3.8) is 0 Å². The van der Waals surface area contributed by atoms with Gasteiger partial charge in [-0.2, -0.15) is 0 Å². The number of aryl methyl sites for hydroxylation is 1. The van der Waals surface area contributed by atoms with E-state index in [9.17, 15) is 9.59 Å². The third kappa shape index (κ3) is 3.91. The van der Waals surface area contributed by atoms with Gasteiger partial charge >= 0.3 is 0 Å². The zero-order valence-corrected chi connectivity index (χ0v) is 20.5.